The van der Waals surface area contributed by atoms with Crippen LogP contribution in [0.3, 0.4) is 0 Å². The number of fused-ring (bicyclic) bond motifs is 2. The van der Waals surface area contributed by atoms with E-state index in [-0.39, 0.29) is 29.3 Å². The van der Waals surface area contributed by atoms with E-state index in [1.54, 1.807) is 6.33 Å². The van der Waals surface area contributed by atoms with E-state index in [0.717, 1.165) is 52.4 Å². The van der Waals surface area contributed by atoms with E-state index in [4.69, 9.17) is 4.98 Å². The van der Waals surface area contributed by atoms with Crippen molar-refractivity contribution in [1.82, 2.24) is 34.4 Å². The number of anilines is 1. The summed E-state index contributed by atoms with van der Waals surface area (Å²) in [6.45, 7) is 16.6. The molecule has 3 fully saturated rings. The maximum atomic E-state index is 13.3. The van der Waals surface area contributed by atoms with Crippen LogP contribution < -0.4 is 4.90 Å². The Morgan fingerprint density at radius 2 is 1.84 bits per heavy atom. The number of nitrogens with one attached hydrogen (secondary N) is 1. The van der Waals surface area contributed by atoms with Crippen molar-refractivity contribution in [3.8, 4) is 11.3 Å². The SMILES string of the molecule is Cc1c(-c2[nH]c3ccc(N4C[C@@H](C)N(C(=O)CCN5CC6(C5)CS(=O)(=O)C6)C[C@@H]4C)nc3c2C(C)C)cn2ncnc2c1C. The highest BCUT2D eigenvalue weighted by atomic mass is 32.2. The number of rotatable bonds is 6. The number of likely N-dealkylation sites (tertiary alicyclic amines) is 1. The Balaban J connectivity index is 1.08. The molecule has 0 radical (unpaired) electrons. The number of pyridine rings is 2. The molecule has 7 rings (SSSR count). The Morgan fingerprint density at radius 1 is 1.09 bits per heavy atom. The van der Waals surface area contributed by atoms with Crippen molar-refractivity contribution >= 4 is 38.2 Å². The van der Waals surface area contributed by atoms with Gasteiger partial charge in [-0.25, -0.2) is 22.9 Å². The number of sulfone groups is 1. The fraction of sp³-hybridized carbons (Fsp3) is 0.562. The summed E-state index contributed by atoms with van der Waals surface area (Å²) in [6.07, 6.45) is 4.11. The first-order valence-corrected chi connectivity index (χ1v) is 17.5. The Hall–Kier alpha value is -3.51. The summed E-state index contributed by atoms with van der Waals surface area (Å²) in [5, 5.41) is 4.41. The zero-order valence-electron chi connectivity index (χ0n) is 26.5. The summed E-state index contributed by atoms with van der Waals surface area (Å²) in [5.41, 5.74) is 8.46. The van der Waals surface area contributed by atoms with Crippen LogP contribution in [0.1, 0.15) is 56.7 Å². The van der Waals surface area contributed by atoms with Gasteiger partial charge in [-0.1, -0.05) is 13.8 Å². The Morgan fingerprint density at radius 3 is 2.55 bits per heavy atom. The van der Waals surface area contributed by atoms with Gasteiger partial charge in [-0.05, 0) is 56.9 Å². The smallest absolute Gasteiger partial charge is 0.224 e. The molecule has 234 valence electrons. The number of piperazine rings is 1. The minimum Gasteiger partial charge on any atom is -0.353 e. The number of amides is 1. The first-order chi connectivity index (χ1) is 20.8. The van der Waals surface area contributed by atoms with Crippen LogP contribution in [0.5, 0.6) is 0 Å². The summed E-state index contributed by atoms with van der Waals surface area (Å²) in [6, 6.07) is 4.40. The lowest BCUT2D eigenvalue weighted by atomic mass is 9.83. The second kappa shape index (κ2) is 10.3. The van der Waals surface area contributed by atoms with Gasteiger partial charge in [0, 0.05) is 74.0 Å². The molecule has 4 aromatic heterocycles. The molecule has 3 saturated heterocycles. The molecule has 0 saturated carbocycles. The number of H-pyrrole nitrogens is 1. The van der Waals surface area contributed by atoms with Gasteiger partial charge in [0.25, 0.3) is 0 Å². The van der Waals surface area contributed by atoms with E-state index < -0.39 is 9.84 Å². The minimum absolute atomic E-state index is 0.0400. The fourth-order valence-corrected chi connectivity index (χ4v) is 9.93. The predicted molar refractivity (Wildman–Crippen MR) is 172 cm³/mol. The van der Waals surface area contributed by atoms with Crippen LogP contribution in [-0.2, 0) is 14.6 Å². The summed E-state index contributed by atoms with van der Waals surface area (Å²) < 4.78 is 25.0. The third-order valence-electron chi connectivity index (χ3n) is 10.1. The number of carbonyl (C=O) groups excluding carboxylic acids is 1. The molecule has 1 spiro atoms. The number of aromatic amines is 1. The Bertz CT molecular complexity index is 1870. The van der Waals surface area contributed by atoms with Gasteiger partial charge in [0.05, 0.1) is 28.2 Å². The summed E-state index contributed by atoms with van der Waals surface area (Å²) in [7, 11) is -2.82. The van der Waals surface area contributed by atoms with Crippen LogP contribution in [0.4, 0.5) is 5.82 Å². The number of hydrogen-bond donors (Lipinski definition) is 1. The normalized spacial score (nSPS) is 23.1. The summed E-state index contributed by atoms with van der Waals surface area (Å²) in [4.78, 5) is 33.2. The zero-order valence-corrected chi connectivity index (χ0v) is 27.3. The van der Waals surface area contributed by atoms with Crippen molar-refractivity contribution in [2.24, 2.45) is 5.41 Å². The van der Waals surface area contributed by atoms with Gasteiger partial charge in [0.2, 0.25) is 5.91 Å². The van der Waals surface area contributed by atoms with Crippen LogP contribution in [0.15, 0.2) is 24.7 Å². The summed E-state index contributed by atoms with van der Waals surface area (Å²) >= 11 is 0. The summed E-state index contributed by atoms with van der Waals surface area (Å²) in [5.74, 6) is 1.95. The number of nitrogens with zero attached hydrogens (tertiary/aromatic N) is 7. The molecule has 2 atom stereocenters. The highest BCUT2D eigenvalue weighted by molar-refractivity contribution is 7.92. The van der Waals surface area contributed by atoms with Crippen LogP contribution >= 0.6 is 0 Å². The van der Waals surface area contributed by atoms with E-state index in [0.29, 0.717) is 37.6 Å². The third kappa shape index (κ3) is 4.77. The Kier molecular flexibility index (Phi) is 6.82. The van der Waals surface area contributed by atoms with Crippen molar-refractivity contribution in [2.75, 3.05) is 49.1 Å². The number of aryl methyl sites for hydroxylation is 1. The van der Waals surface area contributed by atoms with Crippen LogP contribution in [0, 0.1) is 19.3 Å². The minimum atomic E-state index is -2.82. The molecule has 7 heterocycles. The quantitative estimate of drug-likeness (QED) is 0.349. The zero-order chi connectivity index (χ0) is 31.1. The topological polar surface area (TPSA) is 120 Å². The highest BCUT2D eigenvalue weighted by Gasteiger charge is 2.55. The van der Waals surface area contributed by atoms with E-state index >= 15 is 0 Å². The first kappa shape index (κ1) is 29.2. The van der Waals surface area contributed by atoms with E-state index in [1.807, 2.05) is 9.42 Å². The van der Waals surface area contributed by atoms with E-state index in [9.17, 15) is 13.2 Å². The Labute approximate surface area is 258 Å². The highest BCUT2D eigenvalue weighted by Crippen LogP contribution is 2.42. The van der Waals surface area contributed by atoms with Crippen molar-refractivity contribution in [3.05, 3.63) is 41.3 Å². The average Bonchev–Trinajstić information content (AvgIpc) is 3.56. The molecule has 3 aliphatic heterocycles. The van der Waals surface area contributed by atoms with Gasteiger partial charge >= 0.3 is 0 Å². The molecule has 0 aromatic carbocycles. The molecule has 0 bridgehead atoms. The molecule has 11 nitrogen and oxygen atoms in total. The van der Waals surface area contributed by atoms with Gasteiger partial charge in [0.15, 0.2) is 15.5 Å². The molecule has 4 aromatic rings. The van der Waals surface area contributed by atoms with Gasteiger partial charge in [-0.2, -0.15) is 5.10 Å². The van der Waals surface area contributed by atoms with Crippen LogP contribution in [0.25, 0.3) is 27.9 Å². The van der Waals surface area contributed by atoms with Crippen molar-refractivity contribution in [1.29, 1.82) is 0 Å². The molecule has 1 amide bonds. The molecule has 0 aliphatic carbocycles. The van der Waals surface area contributed by atoms with E-state index in [2.05, 4.69) is 84.7 Å². The number of hydrogen-bond acceptors (Lipinski definition) is 8. The molecular weight excluding hydrogens is 576 g/mol. The van der Waals surface area contributed by atoms with E-state index in [1.165, 1.54) is 11.1 Å². The van der Waals surface area contributed by atoms with Gasteiger partial charge in [-0.3, -0.25) is 4.79 Å². The lowest BCUT2D eigenvalue weighted by Gasteiger charge is -2.55. The molecular formula is C32H42N8O3S. The largest absolute Gasteiger partial charge is 0.353 e. The number of carbonyl (C=O) groups is 1. The molecule has 44 heavy (non-hydrogen) atoms. The lowest BCUT2D eigenvalue weighted by molar-refractivity contribution is -0.135. The average molecular weight is 619 g/mol. The fourth-order valence-electron chi connectivity index (χ4n) is 7.79. The third-order valence-corrected chi connectivity index (χ3v) is 12.2. The second-order valence-electron chi connectivity index (χ2n) is 13.8. The predicted octanol–water partition coefficient (Wildman–Crippen LogP) is 3.56. The lowest BCUT2D eigenvalue weighted by Crippen LogP contribution is -2.68. The maximum absolute atomic E-state index is 13.3. The molecule has 0 unspecified atom stereocenters. The first-order valence-electron chi connectivity index (χ1n) is 15.7. The van der Waals surface area contributed by atoms with Crippen molar-refractivity contribution < 1.29 is 13.2 Å². The van der Waals surface area contributed by atoms with Crippen LogP contribution in [0.2, 0.25) is 0 Å². The van der Waals surface area contributed by atoms with Gasteiger partial charge in [-0.15, -0.1) is 0 Å². The molecule has 3 aliphatic rings. The number of aromatic nitrogens is 5. The molecule has 1 N–H and O–H groups in total. The molecule has 12 heteroatoms. The monoisotopic (exact) mass is 618 g/mol. The standard InChI is InChI=1S/C32H42N8O3S/c1-19(2)28-29(24-13-40-31(33-18-34-40)23(6)22(24)5)35-25-7-8-26(36-30(25)28)38-11-21(4)39(12-20(38)3)27(41)9-10-37-14-32(15-37)16-44(42,43)17-32/h7-8,13,18-21,35H,9-12,14-17H2,1-6H3/t20-,21+/m0/s1. The van der Waals surface area contributed by atoms with Crippen molar-refractivity contribution in [3.63, 3.8) is 0 Å². The second-order valence-corrected chi connectivity index (χ2v) is 15.9. The maximum Gasteiger partial charge on any atom is 0.224 e. The van der Waals surface area contributed by atoms with Crippen molar-refractivity contribution in [2.45, 2.75) is 66.0 Å². The van der Waals surface area contributed by atoms with Gasteiger partial charge < -0.3 is 19.7 Å². The van der Waals surface area contributed by atoms with Crippen LogP contribution in [-0.4, -0.2) is 105 Å². The van der Waals surface area contributed by atoms with Gasteiger partial charge in [0.1, 0.15) is 12.1 Å².